The Morgan fingerprint density at radius 2 is 1.14 bits per heavy atom. The summed E-state index contributed by atoms with van der Waals surface area (Å²) in [4.78, 5) is 2.51. The van der Waals surface area contributed by atoms with Gasteiger partial charge in [-0.05, 0) is 115 Å². The average molecular weight is 756 g/mol. The van der Waals surface area contributed by atoms with E-state index in [1.165, 1.54) is 93.8 Å². The van der Waals surface area contributed by atoms with Crippen LogP contribution in [0.4, 0.5) is 17.1 Å². The van der Waals surface area contributed by atoms with Crippen molar-refractivity contribution in [2.75, 3.05) is 4.90 Å². The van der Waals surface area contributed by atoms with E-state index in [1.807, 2.05) is 0 Å². The van der Waals surface area contributed by atoms with Gasteiger partial charge in [0, 0.05) is 33.2 Å². The van der Waals surface area contributed by atoms with Crippen molar-refractivity contribution in [2.24, 2.45) is 0 Å². The summed E-state index contributed by atoms with van der Waals surface area (Å²) >= 11 is 0. The van der Waals surface area contributed by atoms with E-state index >= 15 is 0 Å². The van der Waals surface area contributed by atoms with E-state index in [9.17, 15) is 0 Å². The zero-order chi connectivity index (χ0) is 39.2. The van der Waals surface area contributed by atoms with E-state index in [0.717, 1.165) is 35.6 Å². The molecule has 2 aliphatic rings. The predicted molar refractivity (Wildman–Crippen MR) is 247 cm³/mol. The summed E-state index contributed by atoms with van der Waals surface area (Å²) in [7, 11) is 0. The smallest absolute Gasteiger partial charge is 0.138 e. The minimum Gasteiger partial charge on any atom is -0.456 e. The molecule has 12 rings (SSSR count). The van der Waals surface area contributed by atoms with Gasteiger partial charge in [-0.25, -0.2) is 0 Å². The topological polar surface area (TPSA) is 16.4 Å². The highest BCUT2D eigenvalue weighted by Gasteiger charge is 2.39. The second-order valence-corrected chi connectivity index (χ2v) is 16.7. The summed E-state index contributed by atoms with van der Waals surface area (Å²) in [6, 6.07) is 69.3. The highest BCUT2D eigenvalue weighted by Crippen LogP contribution is 2.55. The molecular weight excluding hydrogens is 715 g/mol. The zero-order valence-electron chi connectivity index (χ0n) is 33.2. The standard InChI is InChI=1S/C57H41NO/c1-57(2)51-22-9-7-18-47(51)48-21-12-24-53(55(48)57)58(40-30-25-38(26-31-40)42-19-11-20-45-41-15-5-3-13-36(41)27-32-46(42)45)52-23-10-8-16-43(52)39-29-34-54-50(35-39)49-33-28-37-14-4-6-17-44(37)56(49)59-54/h3-27,29-32,34-35H,28,33H2,1-2H3. The lowest BCUT2D eigenvalue weighted by molar-refractivity contribution is 0.621. The number of para-hydroxylation sites is 1. The summed E-state index contributed by atoms with van der Waals surface area (Å²) in [5.41, 5.74) is 18.2. The number of benzene rings is 9. The molecule has 0 N–H and O–H groups in total. The summed E-state index contributed by atoms with van der Waals surface area (Å²) in [5, 5.41) is 6.30. The third kappa shape index (κ3) is 5.12. The van der Waals surface area contributed by atoms with Crippen molar-refractivity contribution in [2.45, 2.75) is 32.1 Å². The highest BCUT2D eigenvalue weighted by molar-refractivity contribution is 6.12. The van der Waals surface area contributed by atoms with Gasteiger partial charge >= 0.3 is 0 Å². The largest absolute Gasteiger partial charge is 0.456 e. The van der Waals surface area contributed by atoms with Crippen LogP contribution in [0, 0.1) is 0 Å². The van der Waals surface area contributed by atoms with Crippen LogP contribution in [-0.4, -0.2) is 0 Å². The maximum atomic E-state index is 6.61. The molecule has 9 aromatic carbocycles. The fraction of sp³-hybridized carbons (Fsp3) is 0.0877. The quantitative estimate of drug-likeness (QED) is 0.163. The van der Waals surface area contributed by atoms with E-state index in [2.05, 4.69) is 207 Å². The van der Waals surface area contributed by atoms with Crippen molar-refractivity contribution in [1.82, 2.24) is 0 Å². The van der Waals surface area contributed by atoms with Crippen molar-refractivity contribution in [3.63, 3.8) is 0 Å². The number of nitrogens with zero attached hydrogens (tertiary/aromatic N) is 1. The Labute approximate surface area is 344 Å². The summed E-state index contributed by atoms with van der Waals surface area (Å²) in [5.74, 6) is 1.02. The first-order valence-electron chi connectivity index (χ1n) is 20.8. The number of anilines is 3. The number of fused-ring (bicyclic) bond motifs is 11. The lowest BCUT2D eigenvalue weighted by Crippen LogP contribution is -2.21. The number of rotatable bonds is 5. The lowest BCUT2D eigenvalue weighted by Gasteiger charge is -2.33. The summed E-state index contributed by atoms with van der Waals surface area (Å²) in [6.07, 6.45) is 2.00. The van der Waals surface area contributed by atoms with Crippen molar-refractivity contribution in [3.8, 4) is 44.7 Å². The van der Waals surface area contributed by atoms with E-state index in [4.69, 9.17) is 4.42 Å². The van der Waals surface area contributed by atoms with Gasteiger partial charge in [0.05, 0.1) is 11.4 Å². The van der Waals surface area contributed by atoms with Crippen molar-refractivity contribution >= 4 is 49.6 Å². The third-order valence-corrected chi connectivity index (χ3v) is 13.2. The molecule has 0 atom stereocenters. The molecule has 1 aromatic heterocycles. The van der Waals surface area contributed by atoms with Gasteiger partial charge in [0.1, 0.15) is 11.3 Å². The Balaban J connectivity index is 1.04. The molecule has 0 amide bonds. The van der Waals surface area contributed by atoms with E-state index in [-0.39, 0.29) is 5.41 Å². The molecule has 0 radical (unpaired) electrons. The van der Waals surface area contributed by atoms with Crippen LogP contribution in [0.5, 0.6) is 0 Å². The van der Waals surface area contributed by atoms with Gasteiger partial charge in [0.25, 0.3) is 0 Å². The first-order chi connectivity index (χ1) is 29.0. The van der Waals surface area contributed by atoms with Gasteiger partial charge in [-0.15, -0.1) is 0 Å². The van der Waals surface area contributed by atoms with Crippen LogP contribution in [0.2, 0.25) is 0 Å². The minimum absolute atomic E-state index is 0.202. The van der Waals surface area contributed by atoms with Crippen LogP contribution in [0.3, 0.4) is 0 Å². The van der Waals surface area contributed by atoms with Gasteiger partial charge in [-0.1, -0.05) is 166 Å². The number of hydrogen-bond acceptors (Lipinski definition) is 2. The van der Waals surface area contributed by atoms with Gasteiger partial charge in [0.2, 0.25) is 0 Å². The second kappa shape index (κ2) is 12.9. The molecule has 0 saturated carbocycles. The first-order valence-corrected chi connectivity index (χ1v) is 20.8. The fourth-order valence-electron chi connectivity index (χ4n) is 10.4. The normalized spacial score (nSPS) is 13.6. The van der Waals surface area contributed by atoms with Crippen LogP contribution in [0.15, 0.2) is 192 Å². The molecular formula is C57H41NO. The molecule has 10 aromatic rings. The molecule has 0 aliphatic heterocycles. The van der Waals surface area contributed by atoms with E-state index < -0.39 is 0 Å². The molecule has 2 heteroatoms. The van der Waals surface area contributed by atoms with Crippen LogP contribution in [-0.2, 0) is 18.3 Å². The lowest BCUT2D eigenvalue weighted by atomic mass is 9.81. The third-order valence-electron chi connectivity index (χ3n) is 13.2. The molecule has 0 spiro atoms. The molecule has 280 valence electrons. The number of hydrogen-bond donors (Lipinski definition) is 0. The Bertz CT molecular complexity index is 3310. The monoisotopic (exact) mass is 755 g/mol. The first kappa shape index (κ1) is 33.9. The number of furan rings is 1. The summed E-state index contributed by atoms with van der Waals surface area (Å²) in [6.45, 7) is 4.76. The van der Waals surface area contributed by atoms with Crippen molar-refractivity contribution in [3.05, 3.63) is 210 Å². The molecule has 1 heterocycles. The van der Waals surface area contributed by atoms with Gasteiger partial charge in [0.15, 0.2) is 0 Å². The molecule has 2 aliphatic carbocycles. The Morgan fingerprint density at radius 3 is 2.03 bits per heavy atom. The van der Waals surface area contributed by atoms with Crippen molar-refractivity contribution < 1.29 is 4.42 Å². The average Bonchev–Trinajstić information content (AvgIpc) is 3.78. The van der Waals surface area contributed by atoms with Crippen molar-refractivity contribution in [1.29, 1.82) is 0 Å². The fourth-order valence-corrected chi connectivity index (χ4v) is 10.4. The van der Waals surface area contributed by atoms with E-state index in [0.29, 0.717) is 0 Å². The Hall–Kier alpha value is -7.16. The maximum Gasteiger partial charge on any atom is 0.138 e. The molecule has 0 bridgehead atoms. The van der Waals surface area contributed by atoms with Crippen LogP contribution >= 0.6 is 0 Å². The van der Waals surface area contributed by atoms with Crippen LogP contribution < -0.4 is 4.90 Å². The maximum absolute atomic E-state index is 6.61. The zero-order valence-corrected chi connectivity index (χ0v) is 33.2. The highest BCUT2D eigenvalue weighted by atomic mass is 16.3. The molecule has 2 nitrogen and oxygen atoms in total. The van der Waals surface area contributed by atoms with Crippen LogP contribution in [0.25, 0.3) is 77.2 Å². The summed E-state index contributed by atoms with van der Waals surface area (Å²) < 4.78 is 6.61. The molecule has 0 fully saturated rings. The van der Waals surface area contributed by atoms with Gasteiger partial charge < -0.3 is 9.32 Å². The predicted octanol–water partition coefficient (Wildman–Crippen LogP) is 15.6. The van der Waals surface area contributed by atoms with Gasteiger partial charge in [-0.3, -0.25) is 0 Å². The minimum atomic E-state index is -0.202. The van der Waals surface area contributed by atoms with Gasteiger partial charge in [-0.2, -0.15) is 0 Å². The Kier molecular flexibility index (Phi) is 7.43. The number of aryl methyl sites for hydroxylation is 2. The molecule has 59 heavy (non-hydrogen) atoms. The SMILES string of the molecule is CC1(C)c2ccccc2-c2cccc(N(c3ccc(-c4cccc5c4ccc4ccccc45)cc3)c3ccccc3-c3ccc4oc5c(c4c3)CCc3ccccc3-5)c21. The Morgan fingerprint density at radius 1 is 0.458 bits per heavy atom. The van der Waals surface area contributed by atoms with E-state index in [1.54, 1.807) is 0 Å². The second-order valence-electron chi connectivity index (χ2n) is 16.7. The molecule has 0 saturated heterocycles. The van der Waals surface area contributed by atoms with Crippen LogP contribution in [0.1, 0.15) is 36.1 Å². The molecule has 0 unspecified atom stereocenters.